The van der Waals surface area contributed by atoms with Crippen molar-refractivity contribution in [1.82, 2.24) is 10.2 Å². The maximum atomic E-state index is 12.3. The van der Waals surface area contributed by atoms with E-state index in [-0.39, 0.29) is 23.7 Å². The molecule has 2 unspecified atom stereocenters. The third-order valence-electron chi connectivity index (χ3n) is 3.61. The van der Waals surface area contributed by atoms with Crippen LogP contribution in [-0.4, -0.2) is 40.9 Å². The summed E-state index contributed by atoms with van der Waals surface area (Å²) in [6.07, 6.45) is 3.22. The minimum atomic E-state index is -0.442. The zero-order valence-corrected chi connectivity index (χ0v) is 12.2. The molecule has 0 saturated carbocycles. The van der Waals surface area contributed by atoms with Crippen molar-refractivity contribution in [1.29, 1.82) is 0 Å². The summed E-state index contributed by atoms with van der Waals surface area (Å²) in [6, 6.07) is 6.44. The van der Waals surface area contributed by atoms with Gasteiger partial charge in [0.2, 0.25) is 5.91 Å². The van der Waals surface area contributed by atoms with Crippen LogP contribution in [0, 0.1) is 10.1 Å². The third kappa shape index (κ3) is 3.66. The van der Waals surface area contributed by atoms with Gasteiger partial charge >= 0.3 is 0 Å². The Labute approximate surface area is 123 Å². The number of piperazine rings is 1. The molecule has 0 aliphatic carbocycles. The first-order valence-electron chi connectivity index (χ1n) is 6.94. The van der Waals surface area contributed by atoms with Gasteiger partial charge in [0.1, 0.15) is 0 Å². The van der Waals surface area contributed by atoms with Crippen LogP contribution >= 0.6 is 0 Å². The van der Waals surface area contributed by atoms with Gasteiger partial charge in [-0.3, -0.25) is 14.9 Å². The first-order chi connectivity index (χ1) is 9.99. The summed E-state index contributed by atoms with van der Waals surface area (Å²) < 4.78 is 0. The van der Waals surface area contributed by atoms with Crippen LogP contribution in [0.1, 0.15) is 19.4 Å². The van der Waals surface area contributed by atoms with Gasteiger partial charge in [0.25, 0.3) is 5.69 Å². The molecular formula is C15H19N3O3. The van der Waals surface area contributed by atoms with Gasteiger partial charge in [-0.15, -0.1) is 0 Å². The average Bonchev–Trinajstić information content (AvgIpc) is 2.45. The van der Waals surface area contributed by atoms with E-state index >= 15 is 0 Å². The molecule has 1 aromatic rings. The van der Waals surface area contributed by atoms with Gasteiger partial charge < -0.3 is 10.2 Å². The van der Waals surface area contributed by atoms with Crippen molar-refractivity contribution in [2.75, 3.05) is 13.1 Å². The molecule has 1 fully saturated rings. The number of benzene rings is 1. The highest BCUT2D eigenvalue weighted by Crippen LogP contribution is 2.14. The van der Waals surface area contributed by atoms with Gasteiger partial charge in [0, 0.05) is 43.4 Å². The number of nitro groups is 1. The second-order valence-corrected chi connectivity index (χ2v) is 5.28. The summed E-state index contributed by atoms with van der Waals surface area (Å²) in [7, 11) is 0. The number of rotatable bonds is 3. The van der Waals surface area contributed by atoms with E-state index in [1.54, 1.807) is 18.2 Å². The van der Waals surface area contributed by atoms with E-state index in [9.17, 15) is 14.9 Å². The Morgan fingerprint density at radius 3 is 2.38 bits per heavy atom. The standard InChI is InChI=1S/C15H19N3O3/c1-11-9-16-10-12(2)17(11)15(19)8-5-13-3-6-14(7-4-13)18(20)21/h3-8,11-12,16H,9-10H2,1-2H3. The number of hydrogen-bond donors (Lipinski definition) is 1. The SMILES string of the molecule is CC1CNCC(C)N1C(=O)C=Cc1ccc([N+](=O)[O-])cc1. The van der Waals surface area contributed by atoms with Gasteiger partial charge in [0.05, 0.1) is 4.92 Å². The molecule has 1 aromatic carbocycles. The number of hydrogen-bond acceptors (Lipinski definition) is 4. The van der Waals surface area contributed by atoms with E-state index in [0.717, 1.165) is 18.7 Å². The highest BCUT2D eigenvalue weighted by Gasteiger charge is 2.27. The van der Waals surface area contributed by atoms with Crippen LogP contribution in [0.5, 0.6) is 0 Å². The zero-order chi connectivity index (χ0) is 15.4. The number of amides is 1. The van der Waals surface area contributed by atoms with E-state index in [0.29, 0.717) is 0 Å². The number of nitrogens with one attached hydrogen (secondary N) is 1. The van der Waals surface area contributed by atoms with Crippen molar-refractivity contribution in [3.05, 3.63) is 46.0 Å². The fourth-order valence-electron chi connectivity index (χ4n) is 2.53. The second-order valence-electron chi connectivity index (χ2n) is 5.28. The Morgan fingerprint density at radius 2 is 1.86 bits per heavy atom. The molecule has 112 valence electrons. The van der Waals surface area contributed by atoms with Gasteiger partial charge in [-0.1, -0.05) is 0 Å². The lowest BCUT2D eigenvalue weighted by Gasteiger charge is -2.38. The van der Waals surface area contributed by atoms with Gasteiger partial charge in [-0.2, -0.15) is 0 Å². The molecule has 1 amide bonds. The molecule has 6 nitrogen and oxygen atoms in total. The summed E-state index contributed by atoms with van der Waals surface area (Å²) in [5.41, 5.74) is 0.812. The second kappa shape index (κ2) is 6.49. The molecule has 21 heavy (non-hydrogen) atoms. The highest BCUT2D eigenvalue weighted by molar-refractivity contribution is 5.92. The van der Waals surface area contributed by atoms with Gasteiger partial charge in [-0.05, 0) is 37.6 Å². The van der Waals surface area contributed by atoms with Crippen LogP contribution < -0.4 is 5.32 Å². The van der Waals surface area contributed by atoms with E-state index in [1.807, 2.05) is 18.7 Å². The normalized spacial score (nSPS) is 22.5. The Morgan fingerprint density at radius 1 is 1.29 bits per heavy atom. The van der Waals surface area contributed by atoms with Crippen molar-refractivity contribution in [2.45, 2.75) is 25.9 Å². The first kappa shape index (κ1) is 15.2. The lowest BCUT2D eigenvalue weighted by molar-refractivity contribution is -0.384. The fraction of sp³-hybridized carbons (Fsp3) is 0.400. The number of nitrogens with zero attached hydrogens (tertiary/aromatic N) is 2. The summed E-state index contributed by atoms with van der Waals surface area (Å²) in [5.74, 6) is -0.0325. The average molecular weight is 289 g/mol. The molecule has 1 N–H and O–H groups in total. The quantitative estimate of drug-likeness (QED) is 0.523. The van der Waals surface area contributed by atoms with Crippen LogP contribution in [0.15, 0.2) is 30.3 Å². The molecule has 0 radical (unpaired) electrons. The monoisotopic (exact) mass is 289 g/mol. The predicted molar refractivity (Wildman–Crippen MR) is 80.8 cm³/mol. The summed E-state index contributed by atoms with van der Waals surface area (Å²) >= 11 is 0. The van der Waals surface area contributed by atoms with Crippen LogP contribution in [-0.2, 0) is 4.79 Å². The van der Waals surface area contributed by atoms with Crippen molar-refractivity contribution < 1.29 is 9.72 Å². The fourth-order valence-corrected chi connectivity index (χ4v) is 2.53. The summed E-state index contributed by atoms with van der Waals surface area (Å²) in [6.45, 7) is 5.61. The van der Waals surface area contributed by atoms with E-state index in [4.69, 9.17) is 0 Å². The van der Waals surface area contributed by atoms with Crippen LogP contribution in [0.4, 0.5) is 5.69 Å². The van der Waals surface area contributed by atoms with Crippen LogP contribution in [0.25, 0.3) is 6.08 Å². The Hall–Kier alpha value is -2.21. The lowest BCUT2D eigenvalue weighted by Crippen LogP contribution is -2.56. The van der Waals surface area contributed by atoms with Crippen LogP contribution in [0.2, 0.25) is 0 Å². The predicted octanol–water partition coefficient (Wildman–Crippen LogP) is 1.82. The topological polar surface area (TPSA) is 75.5 Å². The molecule has 1 aliphatic heterocycles. The zero-order valence-electron chi connectivity index (χ0n) is 12.2. The molecule has 0 bridgehead atoms. The van der Waals surface area contributed by atoms with Gasteiger partial charge in [0.15, 0.2) is 0 Å². The minimum absolute atomic E-state index is 0.0325. The largest absolute Gasteiger partial charge is 0.331 e. The maximum absolute atomic E-state index is 12.3. The molecule has 1 heterocycles. The first-order valence-corrected chi connectivity index (χ1v) is 6.94. The molecule has 2 atom stereocenters. The van der Waals surface area contributed by atoms with Crippen molar-refractivity contribution in [3.8, 4) is 0 Å². The Balaban J connectivity index is 2.05. The Kier molecular flexibility index (Phi) is 4.70. The molecule has 0 spiro atoms. The summed E-state index contributed by atoms with van der Waals surface area (Å²) in [4.78, 5) is 24.3. The molecule has 2 rings (SSSR count). The summed E-state index contributed by atoms with van der Waals surface area (Å²) in [5, 5.41) is 13.9. The van der Waals surface area contributed by atoms with E-state index < -0.39 is 4.92 Å². The van der Waals surface area contributed by atoms with Gasteiger partial charge in [-0.25, -0.2) is 0 Å². The van der Waals surface area contributed by atoms with Crippen LogP contribution in [0.3, 0.4) is 0 Å². The van der Waals surface area contributed by atoms with Crippen molar-refractivity contribution >= 4 is 17.7 Å². The van der Waals surface area contributed by atoms with E-state index in [2.05, 4.69) is 5.32 Å². The number of non-ortho nitro benzene ring substituents is 1. The lowest BCUT2D eigenvalue weighted by atomic mass is 10.1. The minimum Gasteiger partial charge on any atom is -0.331 e. The maximum Gasteiger partial charge on any atom is 0.269 e. The number of carbonyl (C=O) groups excluding carboxylic acids is 1. The number of nitro benzene ring substituents is 1. The smallest absolute Gasteiger partial charge is 0.269 e. The Bertz CT molecular complexity index is 544. The number of carbonyl (C=O) groups is 1. The molecule has 1 aliphatic rings. The van der Waals surface area contributed by atoms with Crippen molar-refractivity contribution in [3.63, 3.8) is 0 Å². The van der Waals surface area contributed by atoms with E-state index in [1.165, 1.54) is 18.2 Å². The van der Waals surface area contributed by atoms with Crippen molar-refractivity contribution in [2.24, 2.45) is 0 Å². The molecule has 0 aromatic heterocycles. The molecule has 6 heteroatoms. The molecule has 1 saturated heterocycles. The highest BCUT2D eigenvalue weighted by atomic mass is 16.6. The molecular weight excluding hydrogens is 270 g/mol. The third-order valence-corrected chi connectivity index (χ3v) is 3.61.